The van der Waals surface area contributed by atoms with Gasteiger partial charge in [0.15, 0.2) is 0 Å². The summed E-state index contributed by atoms with van der Waals surface area (Å²) in [5.74, 6) is 0. The molecule has 0 rings (SSSR count). The van der Waals surface area contributed by atoms with Gasteiger partial charge in [0, 0.05) is 18.3 Å². The van der Waals surface area contributed by atoms with E-state index in [4.69, 9.17) is 0 Å². The minimum absolute atomic E-state index is 0.225. The summed E-state index contributed by atoms with van der Waals surface area (Å²) >= 11 is 0. The molecule has 0 aliphatic heterocycles. The van der Waals surface area contributed by atoms with Crippen LogP contribution in [0.15, 0.2) is 0 Å². The molecule has 0 aromatic rings. The summed E-state index contributed by atoms with van der Waals surface area (Å²) < 4.78 is 2.91. The molecule has 0 saturated carbocycles. The third-order valence-electron chi connectivity index (χ3n) is 2.41. The van der Waals surface area contributed by atoms with Crippen LogP contribution in [0.3, 0.4) is 0 Å². The zero-order valence-corrected chi connectivity index (χ0v) is 17.6. The standard InChI is InChI=1S/C6H25NSi5/c1-5(2)7(6(3)4)12(9)11-10-8/h5-6,12H,10-11H2,1-4,8-9H3. The van der Waals surface area contributed by atoms with Gasteiger partial charge in [-0.25, -0.2) is 0 Å². The van der Waals surface area contributed by atoms with Crippen LogP contribution in [0.1, 0.15) is 27.7 Å². The summed E-state index contributed by atoms with van der Waals surface area (Å²) in [5, 5.41) is 0. The van der Waals surface area contributed by atoms with Crippen LogP contribution in [-0.4, -0.2) is 61.3 Å². The van der Waals surface area contributed by atoms with Crippen molar-refractivity contribution in [2.45, 2.75) is 39.8 Å². The molecule has 0 saturated heterocycles. The molecule has 0 bridgehead atoms. The molecule has 0 radical (unpaired) electrons. The summed E-state index contributed by atoms with van der Waals surface area (Å²) in [6.07, 6.45) is 0. The summed E-state index contributed by atoms with van der Waals surface area (Å²) in [6.45, 7) is 9.56. The molecule has 0 aromatic heterocycles. The van der Waals surface area contributed by atoms with Crippen molar-refractivity contribution in [2.24, 2.45) is 0 Å². The van der Waals surface area contributed by atoms with Crippen LogP contribution in [0.2, 0.25) is 0 Å². The van der Waals surface area contributed by atoms with Gasteiger partial charge in [0.1, 0.15) is 0 Å². The van der Waals surface area contributed by atoms with Crippen LogP contribution < -0.4 is 0 Å². The normalized spacial score (nSPS) is 17.2. The van der Waals surface area contributed by atoms with Crippen LogP contribution >= 0.6 is 0 Å². The minimum Gasteiger partial charge on any atom is -0.328 e. The van der Waals surface area contributed by atoms with Crippen molar-refractivity contribution in [1.82, 2.24) is 4.57 Å². The Morgan fingerprint density at radius 1 is 1.17 bits per heavy atom. The van der Waals surface area contributed by atoms with Gasteiger partial charge in [0.25, 0.3) is 0 Å². The Morgan fingerprint density at radius 2 is 1.58 bits per heavy atom. The molecule has 0 amide bonds. The average molecular weight is 252 g/mol. The van der Waals surface area contributed by atoms with E-state index >= 15 is 0 Å². The second-order valence-electron chi connectivity index (χ2n) is 4.27. The zero-order valence-electron chi connectivity index (χ0n) is 9.59. The van der Waals surface area contributed by atoms with E-state index in [1.807, 2.05) is 0 Å². The number of rotatable bonds is 5. The second-order valence-corrected chi connectivity index (χ2v) is 39.5. The van der Waals surface area contributed by atoms with Gasteiger partial charge in [-0.15, -0.1) is 0 Å². The van der Waals surface area contributed by atoms with Crippen molar-refractivity contribution in [2.75, 3.05) is 0 Å². The Kier molecular flexibility index (Phi) is 7.06. The van der Waals surface area contributed by atoms with Crippen molar-refractivity contribution in [3.63, 3.8) is 0 Å². The van der Waals surface area contributed by atoms with Gasteiger partial charge >= 0.3 is 0 Å². The Morgan fingerprint density at radius 3 is 1.83 bits per heavy atom. The lowest BCUT2D eigenvalue weighted by atomic mass is 10.3. The smallest absolute Gasteiger partial charge is 0.0739 e. The monoisotopic (exact) mass is 251 g/mol. The molecule has 0 spiro atoms. The highest BCUT2D eigenvalue weighted by Crippen LogP contribution is 2.04. The maximum Gasteiger partial charge on any atom is 0.0739 e. The topological polar surface area (TPSA) is 3.24 Å². The Balaban J connectivity index is 4.09. The molecule has 0 aromatic carbocycles. The van der Waals surface area contributed by atoms with Crippen molar-refractivity contribution >= 4 is 44.6 Å². The highest BCUT2D eigenvalue weighted by molar-refractivity contribution is 7.54. The summed E-state index contributed by atoms with van der Waals surface area (Å²) in [7, 11) is 4.07. The van der Waals surface area contributed by atoms with Gasteiger partial charge in [-0.05, 0) is 30.4 Å². The maximum absolute atomic E-state index is 2.91. The van der Waals surface area contributed by atoms with E-state index in [0.29, 0.717) is 17.1 Å². The van der Waals surface area contributed by atoms with Crippen LogP contribution in [0.25, 0.3) is 0 Å². The van der Waals surface area contributed by atoms with Gasteiger partial charge < -0.3 is 4.57 Å². The lowest BCUT2D eigenvalue weighted by Gasteiger charge is -2.35. The van der Waals surface area contributed by atoms with E-state index in [1.165, 1.54) is 0 Å². The molecule has 0 heterocycles. The van der Waals surface area contributed by atoms with E-state index in [2.05, 4.69) is 32.3 Å². The fourth-order valence-electron chi connectivity index (χ4n) is 2.18. The van der Waals surface area contributed by atoms with Crippen LogP contribution in [0.5, 0.6) is 0 Å². The minimum atomic E-state index is -0.225. The third-order valence-corrected chi connectivity index (χ3v) is 57.2. The molecule has 0 N–H and O–H groups in total. The number of hydrogen-bond donors (Lipinski definition) is 0. The Bertz CT molecular complexity index is 111. The quantitative estimate of drug-likeness (QED) is 0.464. The number of nitrogens with zero attached hydrogens (tertiary/aromatic N) is 1. The van der Waals surface area contributed by atoms with Crippen molar-refractivity contribution in [3.8, 4) is 0 Å². The second kappa shape index (κ2) is 6.49. The van der Waals surface area contributed by atoms with Gasteiger partial charge in [0.2, 0.25) is 0 Å². The molecule has 12 heavy (non-hydrogen) atoms. The van der Waals surface area contributed by atoms with Gasteiger partial charge in [-0.1, -0.05) is 27.7 Å². The first-order valence-electron chi connectivity index (χ1n) is 5.28. The highest BCUT2D eigenvalue weighted by atomic mass is 29.8. The predicted molar refractivity (Wildman–Crippen MR) is 76.2 cm³/mol. The van der Waals surface area contributed by atoms with Crippen molar-refractivity contribution in [3.05, 3.63) is 0 Å². The van der Waals surface area contributed by atoms with Gasteiger partial charge in [-0.3, -0.25) is 0 Å². The zero-order chi connectivity index (χ0) is 9.72. The molecule has 0 aliphatic carbocycles. The predicted octanol–water partition coefficient (Wildman–Crippen LogP) is -3.28. The lowest BCUT2D eigenvalue weighted by molar-refractivity contribution is 0.314. The van der Waals surface area contributed by atoms with E-state index in [9.17, 15) is 0 Å². The number of hydrogen-bond acceptors (Lipinski definition) is 1. The van der Waals surface area contributed by atoms with Crippen LogP contribution in [0, 0.1) is 0 Å². The molecule has 1 atom stereocenters. The summed E-state index contributed by atoms with van der Waals surface area (Å²) in [5.41, 5.74) is 0. The third kappa shape index (κ3) is 4.33. The Hall–Kier alpha value is 1.04. The molecule has 74 valence electrons. The largest absolute Gasteiger partial charge is 0.328 e. The first-order chi connectivity index (χ1) is 5.50. The molecule has 1 nitrogen and oxygen atoms in total. The van der Waals surface area contributed by atoms with Gasteiger partial charge in [0.05, 0.1) is 7.99 Å². The van der Waals surface area contributed by atoms with Crippen molar-refractivity contribution < 1.29 is 0 Å². The first-order valence-corrected chi connectivity index (χ1v) is 23.3. The molecule has 0 fully saturated rings. The molecule has 0 aliphatic rings. The molecule has 6 heteroatoms. The Labute approximate surface area is 89.0 Å². The van der Waals surface area contributed by atoms with Crippen molar-refractivity contribution in [1.29, 1.82) is 0 Å². The van der Waals surface area contributed by atoms with E-state index in [0.717, 1.165) is 12.1 Å². The molecular formula is C6H25NSi5. The lowest BCUT2D eigenvalue weighted by Crippen LogP contribution is -2.53. The van der Waals surface area contributed by atoms with E-state index in [1.54, 1.807) is 19.5 Å². The van der Waals surface area contributed by atoms with E-state index in [-0.39, 0.29) is 7.99 Å². The SMILES string of the molecule is CC(C)N(C(C)C)[SiH]([SiH3])[SiH2][SiH2][SiH3]. The first kappa shape index (κ1) is 13.0. The molecule has 1 unspecified atom stereocenters. The maximum atomic E-state index is 2.91. The van der Waals surface area contributed by atoms with Crippen LogP contribution in [0.4, 0.5) is 0 Å². The fraction of sp³-hybridized carbons (Fsp3) is 1.00. The van der Waals surface area contributed by atoms with E-state index < -0.39 is 0 Å². The average Bonchev–Trinajstić information content (AvgIpc) is 1.85. The summed E-state index contributed by atoms with van der Waals surface area (Å²) in [4.78, 5) is 0. The van der Waals surface area contributed by atoms with Gasteiger partial charge in [-0.2, -0.15) is 0 Å². The fourth-order valence-corrected chi connectivity index (χ4v) is 94.4. The van der Waals surface area contributed by atoms with Crippen LogP contribution in [-0.2, 0) is 0 Å². The molecular weight excluding hydrogens is 227 g/mol. The summed E-state index contributed by atoms with van der Waals surface area (Å²) in [6, 6.07) is 1.68. The highest BCUT2D eigenvalue weighted by Gasteiger charge is 2.19.